The van der Waals surface area contributed by atoms with Gasteiger partial charge in [-0.3, -0.25) is 4.79 Å². The molecule has 2 unspecified atom stereocenters. The number of piperazine rings is 1. The van der Waals surface area contributed by atoms with Crippen LogP contribution in [0, 0.1) is 0 Å². The molecule has 1 saturated heterocycles. The van der Waals surface area contributed by atoms with Crippen molar-refractivity contribution in [3.05, 3.63) is 0 Å². The number of nitrogens with zero attached hydrogens (tertiary/aromatic N) is 1. The molecule has 0 aliphatic carbocycles. The fourth-order valence-electron chi connectivity index (χ4n) is 2.42. The van der Waals surface area contributed by atoms with Gasteiger partial charge in [-0.25, -0.2) is 0 Å². The summed E-state index contributed by atoms with van der Waals surface area (Å²) in [7, 11) is 0. The maximum atomic E-state index is 12.2. The lowest BCUT2D eigenvalue weighted by molar-refractivity contribution is -0.135. The number of carbonyl (C=O) groups excluding carboxylic acids is 1. The number of rotatable bonds is 7. The first-order valence-corrected chi connectivity index (χ1v) is 7.33. The van der Waals surface area contributed by atoms with E-state index in [1.165, 1.54) is 0 Å². The third kappa shape index (κ3) is 4.58. The Morgan fingerprint density at radius 2 is 2.11 bits per heavy atom. The van der Waals surface area contributed by atoms with Gasteiger partial charge in [0.15, 0.2) is 0 Å². The standard InChI is InChI=1S/C14H28N2O2/c1-4-12-11-16(13(5-2)10-15-12)14(17)8-7-9-18-6-3/h12-13,15H,4-11H2,1-3H3. The van der Waals surface area contributed by atoms with Crippen LogP contribution in [-0.2, 0) is 9.53 Å². The molecule has 0 radical (unpaired) electrons. The highest BCUT2D eigenvalue weighted by Crippen LogP contribution is 2.14. The normalized spacial score (nSPS) is 24.3. The molecule has 1 aliphatic heterocycles. The molecule has 1 N–H and O–H groups in total. The highest BCUT2D eigenvalue weighted by molar-refractivity contribution is 5.76. The van der Waals surface area contributed by atoms with Crippen molar-refractivity contribution in [1.82, 2.24) is 10.2 Å². The van der Waals surface area contributed by atoms with E-state index in [2.05, 4.69) is 24.1 Å². The van der Waals surface area contributed by atoms with Crippen LogP contribution in [0.2, 0.25) is 0 Å². The largest absolute Gasteiger partial charge is 0.382 e. The molecule has 18 heavy (non-hydrogen) atoms. The zero-order valence-corrected chi connectivity index (χ0v) is 12.1. The molecule has 0 saturated carbocycles. The van der Waals surface area contributed by atoms with Gasteiger partial charge in [0, 0.05) is 44.8 Å². The van der Waals surface area contributed by atoms with Crippen LogP contribution < -0.4 is 5.32 Å². The van der Waals surface area contributed by atoms with Crippen molar-refractivity contribution in [1.29, 1.82) is 0 Å². The van der Waals surface area contributed by atoms with E-state index in [0.717, 1.165) is 39.0 Å². The maximum absolute atomic E-state index is 12.2. The number of hydrogen-bond donors (Lipinski definition) is 1. The van der Waals surface area contributed by atoms with Crippen LogP contribution in [0.25, 0.3) is 0 Å². The van der Waals surface area contributed by atoms with E-state index in [0.29, 0.717) is 31.0 Å². The lowest BCUT2D eigenvalue weighted by Gasteiger charge is -2.40. The summed E-state index contributed by atoms with van der Waals surface area (Å²) in [5.41, 5.74) is 0. The molecule has 4 nitrogen and oxygen atoms in total. The molecule has 0 aromatic carbocycles. The molecular weight excluding hydrogens is 228 g/mol. The summed E-state index contributed by atoms with van der Waals surface area (Å²) in [6.45, 7) is 9.53. The Kier molecular flexibility index (Phi) is 7.28. The molecule has 106 valence electrons. The Bertz CT molecular complexity index is 246. The Hall–Kier alpha value is -0.610. The van der Waals surface area contributed by atoms with E-state index in [9.17, 15) is 4.79 Å². The Morgan fingerprint density at radius 3 is 2.72 bits per heavy atom. The van der Waals surface area contributed by atoms with E-state index in [1.54, 1.807) is 0 Å². The Balaban J connectivity index is 2.40. The molecule has 0 aromatic rings. The van der Waals surface area contributed by atoms with Gasteiger partial charge in [-0.1, -0.05) is 13.8 Å². The van der Waals surface area contributed by atoms with Gasteiger partial charge in [-0.2, -0.15) is 0 Å². The van der Waals surface area contributed by atoms with Crippen molar-refractivity contribution >= 4 is 5.91 Å². The van der Waals surface area contributed by atoms with Gasteiger partial charge in [-0.15, -0.1) is 0 Å². The quantitative estimate of drug-likeness (QED) is 0.706. The molecule has 0 bridgehead atoms. The number of hydrogen-bond acceptors (Lipinski definition) is 3. The number of carbonyl (C=O) groups is 1. The van der Waals surface area contributed by atoms with Crippen molar-refractivity contribution in [2.24, 2.45) is 0 Å². The van der Waals surface area contributed by atoms with Crippen molar-refractivity contribution in [3.8, 4) is 0 Å². The Labute approximate surface area is 111 Å². The van der Waals surface area contributed by atoms with Crippen molar-refractivity contribution in [2.75, 3.05) is 26.3 Å². The zero-order chi connectivity index (χ0) is 13.4. The average molecular weight is 256 g/mol. The highest BCUT2D eigenvalue weighted by Gasteiger charge is 2.28. The van der Waals surface area contributed by atoms with Crippen LogP contribution in [0.1, 0.15) is 46.5 Å². The topological polar surface area (TPSA) is 41.6 Å². The van der Waals surface area contributed by atoms with Crippen molar-refractivity contribution < 1.29 is 9.53 Å². The molecule has 1 fully saturated rings. The second-order valence-electron chi connectivity index (χ2n) is 4.92. The van der Waals surface area contributed by atoms with E-state index in [-0.39, 0.29) is 0 Å². The third-order valence-corrected chi connectivity index (χ3v) is 3.67. The minimum absolute atomic E-state index is 0.293. The molecule has 1 rings (SSSR count). The summed E-state index contributed by atoms with van der Waals surface area (Å²) in [4.78, 5) is 14.3. The number of nitrogens with one attached hydrogen (secondary N) is 1. The maximum Gasteiger partial charge on any atom is 0.223 e. The van der Waals surface area contributed by atoms with E-state index < -0.39 is 0 Å². The molecule has 2 atom stereocenters. The van der Waals surface area contributed by atoms with Crippen LogP contribution in [0.3, 0.4) is 0 Å². The Morgan fingerprint density at radius 1 is 1.33 bits per heavy atom. The second-order valence-corrected chi connectivity index (χ2v) is 4.92. The van der Waals surface area contributed by atoms with E-state index >= 15 is 0 Å². The first-order valence-electron chi connectivity index (χ1n) is 7.33. The monoisotopic (exact) mass is 256 g/mol. The van der Waals surface area contributed by atoms with Crippen LogP contribution in [0.5, 0.6) is 0 Å². The molecule has 0 spiro atoms. The van der Waals surface area contributed by atoms with Gasteiger partial charge in [0.05, 0.1) is 0 Å². The summed E-state index contributed by atoms with van der Waals surface area (Å²) >= 11 is 0. The van der Waals surface area contributed by atoms with Crippen LogP contribution in [-0.4, -0.2) is 49.2 Å². The van der Waals surface area contributed by atoms with E-state index in [4.69, 9.17) is 4.74 Å². The predicted octanol–water partition coefficient (Wildman–Crippen LogP) is 1.79. The van der Waals surface area contributed by atoms with Crippen LogP contribution in [0.4, 0.5) is 0 Å². The molecule has 1 heterocycles. The van der Waals surface area contributed by atoms with Gasteiger partial charge in [0.25, 0.3) is 0 Å². The molecule has 1 aliphatic rings. The lowest BCUT2D eigenvalue weighted by atomic mass is 10.0. The zero-order valence-electron chi connectivity index (χ0n) is 12.1. The fourth-order valence-corrected chi connectivity index (χ4v) is 2.42. The lowest BCUT2D eigenvalue weighted by Crippen LogP contribution is -2.57. The van der Waals surface area contributed by atoms with Gasteiger partial charge < -0.3 is 15.0 Å². The van der Waals surface area contributed by atoms with E-state index in [1.807, 2.05) is 6.92 Å². The smallest absolute Gasteiger partial charge is 0.223 e. The van der Waals surface area contributed by atoms with Gasteiger partial charge >= 0.3 is 0 Å². The minimum Gasteiger partial charge on any atom is -0.382 e. The molecule has 4 heteroatoms. The van der Waals surface area contributed by atoms with Gasteiger partial charge in [0.2, 0.25) is 5.91 Å². The highest BCUT2D eigenvalue weighted by atomic mass is 16.5. The number of amides is 1. The predicted molar refractivity (Wildman–Crippen MR) is 73.6 cm³/mol. The fraction of sp³-hybridized carbons (Fsp3) is 0.929. The SMILES string of the molecule is CCOCCCC(=O)N1CC(CC)NCC1CC. The van der Waals surface area contributed by atoms with Crippen LogP contribution >= 0.6 is 0 Å². The average Bonchev–Trinajstić information content (AvgIpc) is 2.42. The minimum atomic E-state index is 0.293. The summed E-state index contributed by atoms with van der Waals surface area (Å²) in [5.74, 6) is 0.293. The van der Waals surface area contributed by atoms with Crippen molar-refractivity contribution in [2.45, 2.75) is 58.5 Å². The number of ether oxygens (including phenoxy) is 1. The first-order chi connectivity index (χ1) is 8.72. The summed E-state index contributed by atoms with van der Waals surface area (Å²) < 4.78 is 5.28. The molecule has 1 amide bonds. The van der Waals surface area contributed by atoms with Gasteiger partial charge in [-0.05, 0) is 26.2 Å². The summed E-state index contributed by atoms with van der Waals surface area (Å²) in [6.07, 6.45) is 3.57. The molecular formula is C14H28N2O2. The first kappa shape index (κ1) is 15.4. The van der Waals surface area contributed by atoms with Gasteiger partial charge in [0.1, 0.15) is 0 Å². The third-order valence-electron chi connectivity index (χ3n) is 3.67. The summed E-state index contributed by atoms with van der Waals surface area (Å²) in [6, 6.07) is 0.830. The molecule has 0 aromatic heterocycles. The van der Waals surface area contributed by atoms with Crippen LogP contribution in [0.15, 0.2) is 0 Å². The summed E-state index contributed by atoms with van der Waals surface area (Å²) in [5, 5.41) is 3.51. The van der Waals surface area contributed by atoms with Crippen molar-refractivity contribution in [3.63, 3.8) is 0 Å². The second kappa shape index (κ2) is 8.48.